The Bertz CT molecular complexity index is 889. The number of primary amides is 1. The predicted molar refractivity (Wildman–Crippen MR) is 120 cm³/mol. The van der Waals surface area contributed by atoms with Gasteiger partial charge >= 0.3 is 0 Å². The van der Waals surface area contributed by atoms with Gasteiger partial charge < -0.3 is 15.4 Å². The van der Waals surface area contributed by atoms with Crippen LogP contribution in [0.5, 0.6) is 5.75 Å². The first-order chi connectivity index (χ1) is 13.6. The van der Waals surface area contributed by atoms with Crippen molar-refractivity contribution in [1.29, 1.82) is 0 Å². The number of hydrogen-bond donors (Lipinski definition) is 1. The van der Waals surface area contributed by atoms with Crippen molar-refractivity contribution < 1.29 is 9.53 Å². The molecule has 0 bridgehead atoms. The monoisotopic (exact) mass is 394 g/mol. The van der Waals surface area contributed by atoms with Crippen molar-refractivity contribution in [3.8, 4) is 5.75 Å². The van der Waals surface area contributed by atoms with Gasteiger partial charge in [-0.3, -0.25) is 4.79 Å². The summed E-state index contributed by atoms with van der Waals surface area (Å²) in [6.07, 6.45) is 2.17. The van der Waals surface area contributed by atoms with Crippen LogP contribution in [0.3, 0.4) is 0 Å². The number of rotatable bonds is 4. The molecular formula is C25H34N2O2. The van der Waals surface area contributed by atoms with Crippen molar-refractivity contribution >= 4 is 11.6 Å². The fourth-order valence-corrected chi connectivity index (χ4v) is 4.67. The van der Waals surface area contributed by atoms with Crippen LogP contribution < -0.4 is 15.4 Å². The van der Waals surface area contributed by atoms with Gasteiger partial charge in [0.05, 0.1) is 13.0 Å². The Morgan fingerprint density at radius 1 is 1.10 bits per heavy atom. The van der Waals surface area contributed by atoms with Gasteiger partial charge in [-0.05, 0) is 84.2 Å². The molecule has 0 saturated carbocycles. The van der Waals surface area contributed by atoms with Gasteiger partial charge in [0.15, 0.2) is 0 Å². The zero-order chi connectivity index (χ0) is 21.3. The van der Waals surface area contributed by atoms with Crippen molar-refractivity contribution in [2.24, 2.45) is 11.1 Å². The van der Waals surface area contributed by atoms with Crippen LogP contribution in [0, 0.1) is 19.3 Å². The minimum atomic E-state index is -0.297. The summed E-state index contributed by atoms with van der Waals surface area (Å²) in [5, 5.41) is 0. The van der Waals surface area contributed by atoms with Gasteiger partial charge in [0.1, 0.15) is 5.75 Å². The lowest BCUT2D eigenvalue weighted by Gasteiger charge is -2.32. The van der Waals surface area contributed by atoms with E-state index in [2.05, 4.69) is 63.8 Å². The average molecular weight is 395 g/mol. The third kappa shape index (κ3) is 4.42. The van der Waals surface area contributed by atoms with Gasteiger partial charge in [-0.15, -0.1) is 0 Å². The topological polar surface area (TPSA) is 55.6 Å². The minimum absolute atomic E-state index is 0.219. The molecule has 4 heteroatoms. The molecule has 1 atom stereocenters. The molecule has 3 rings (SSSR count). The summed E-state index contributed by atoms with van der Waals surface area (Å²) in [6, 6.07) is 10.8. The van der Waals surface area contributed by atoms with Crippen molar-refractivity contribution in [3.05, 3.63) is 58.1 Å². The molecule has 1 heterocycles. The van der Waals surface area contributed by atoms with E-state index in [0.717, 1.165) is 48.4 Å². The number of methoxy groups -OCH3 is 1. The van der Waals surface area contributed by atoms with Crippen LogP contribution in [0.1, 0.15) is 60.9 Å². The smallest absolute Gasteiger partial charge is 0.225 e. The molecule has 0 saturated heterocycles. The molecule has 2 aromatic rings. The van der Waals surface area contributed by atoms with Crippen LogP contribution in [-0.4, -0.2) is 19.6 Å². The van der Waals surface area contributed by atoms with E-state index in [1.165, 1.54) is 16.8 Å². The van der Waals surface area contributed by atoms with E-state index in [1.54, 1.807) is 7.11 Å². The summed E-state index contributed by atoms with van der Waals surface area (Å²) in [4.78, 5) is 14.7. The fourth-order valence-electron chi connectivity index (χ4n) is 4.67. The standard InChI is InChI=1S/C25H34N2O2/c1-16-12-20(13-17(2)22(16)23(24(26)28)25(3,4)5)27-11-7-8-18-14-21(29-6)10-9-19(18)15-27/h9-10,12-14,23H,7-8,11,15H2,1-6H3,(H2,26,28). The number of carbonyl (C=O) groups excluding carboxylic acids is 1. The molecule has 0 radical (unpaired) electrons. The molecule has 2 aromatic carbocycles. The summed E-state index contributed by atoms with van der Waals surface area (Å²) in [7, 11) is 1.72. The maximum Gasteiger partial charge on any atom is 0.225 e. The van der Waals surface area contributed by atoms with Gasteiger partial charge in [-0.2, -0.15) is 0 Å². The third-order valence-electron chi connectivity index (χ3n) is 6.03. The van der Waals surface area contributed by atoms with Gasteiger partial charge in [-0.1, -0.05) is 26.8 Å². The van der Waals surface area contributed by atoms with E-state index in [9.17, 15) is 4.79 Å². The number of hydrogen-bond acceptors (Lipinski definition) is 3. The first-order valence-corrected chi connectivity index (χ1v) is 10.4. The lowest BCUT2D eigenvalue weighted by atomic mass is 9.73. The zero-order valence-corrected chi connectivity index (χ0v) is 18.6. The van der Waals surface area contributed by atoms with Gasteiger partial charge in [0.2, 0.25) is 5.91 Å². The normalized spacial score (nSPS) is 15.4. The minimum Gasteiger partial charge on any atom is -0.497 e. The van der Waals surface area contributed by atoms with E-state index in [1.807, 2.05) is 6.07 Å². The van der Waals surface area contributed by atoms with Crippen molar-refractivity contribution in [2.45, 2.75) is 59.9 Å². The van der Waals surface area contributed by atoms with E-state index >= 15 is 0 Å². The Morgan fingerprint density at radius 3 is 2.31 bits per heavy atom. The summed E-state index contributed by atoms with van der Waals surface area (Å²) in [6.45, 7) is 12.3. The second-order valence-electron chi connectivity index (χ2n) is 9.35. The molecule has 0 aromatic heterocycles. The Morgan fingerprint density at radius 2 is 1.76 bits per heavy atom. The van der Waals surface area contributed by atoms with Crippen LogP contribution in [0.4, 0.5) is 5.69 Å². The second kappa shape index (κ2) is 8.10. The number of carbonyl (C=O) groups is 1. The highest BCUT2D eigenvalue weighted by molar-refractivity contribution is 5.84. The Hall–Kier alpha value is -2.49. The third-order valence-corrected chi connectivity index (χ3v) is 6.03. The largest absolute Gasteiger partial charge is 0.497 e. The Kier molecular flexibility index (Phi) is 5.92. The van der Waals surface area contributed by atoms with Crippen molar-refractivity contribution in [3.63, 3.8) is 0 Å². The first-order valence-electron chi connectivity index (χ1n) is 10.4. The van der Waals surface area contributed by atoms with E-state index in [-0.39, 0.29) is 17.2 Å². The zero-order valence-electron chi connectivity index (χ0n) is 18.6. The summed E-state index contributed by atoms with van der Waals surface area (Å²) < 4.78 is 5.39. The number of benzene rings is 2. The van der Waals surface area contributed by atoms with E-state index in [4.69, 9.17) is 10.5 Å². The van der Waals surface area contributed by atoms with Gasteiger partial charge in [-0.25, -0.2) is 0 Å². The molecule has 1 unspecified atom stereocenters. The highest BCUT2D eigenvalue weighted by atomic mass is 16.5. The highest BCUT2D eigenvalue weighted by Gasteiger charge is 2.33. The molecule has 0 aliphatic carbocycles. The SMILES string of the molecule is COc1ccc2c(c1)CCCN(c1cc(C)c(C(C(N)=O)C(C)(C)C)c(C)c1)C2. The molecule has 1 aliphatic heterocycles. The highest BCUT2D eigenvalue weighted by Crippen LogP contribution is 2.40. The van der Waals surface area contributed by atoms with Crippen molar-refractivity contribution in [2.75, 3.05) is 18.6 Å². The molecule has 4 nitrogen and oxygen atoms in total. The lowest BCUT2D eigenvalue weighted by Crippen LogP contribution is -2.33. The van der Waals surface area contributed by atoms with Crippen LogP contribution in [0.25, 0.3) is 0 Å². The first kappa shape index (κ1) is 21.2. The van der Waals surface area contributed by atoms with Gasteiger partial charge in [0.25, 0.3) is 0 Å². The second-order valence-corrected chi connectivity index (χ2v) is 9.35. The lowest BCUT2D eigenvalue weighted by molar-refractivity contribution is -0.121. The number of anilines is 1. The fraction of sp³-hybridized carbons (Fsp3) is 0.480. The van der Waals surface area contributed by atoms with Gasteiger partial charge in [0, 0.05) is 18.8 Å². The molecule has 1 amide bonds. The molecule has 0 spiro atoms. The van der Waals surface area contributed by atoms with E-state index < -0.39 is 0 Å². The maximum absolute atomic E-state index is 12.3. The Balaban J connectivity index is 1.97. The average Bonchev–Trinajstić information content (AvgIpc) is 2.84. The summed E-state index contributed by atoms with van der Waals surface area (Å²) >= 11 is 0. The maximum atomic E-state index is 12.3. The molecule has 29 heavy (non-hydrogen) atoms. The molecule has 156 valence electrons. The molecule has 2 N–H and O–H groups in total. The van der Waals surface area contributed by atoms with Crippen LogP contribution in [0.15, 0.2) is 30.3 Å². The predicted octanol–water partition coefficient (Wildman–Crippen LogP) is 4.88. The Labute approximate surface area is 175 Å². The quantitative estimate of drug-likeness (QED) is 0.804. The van der Waals surface area contributed by atoms with Crippen LogP contribution >= 0.6 is 0 Å². The number of nitrogens with two attached hydrogens (primary N) is 1. The van der Waals surface area contributed by atoms with E-state index in [0.29, 0.717) is 0 Å². The number of amides is 1. The number of ether oxygens (including phenoxy) is 1. The molecule has 1 aliphatic rings. The molecule has 0 fully saturated rings. The summed E-state index contributed by atoms with van der Waals surface area (Å²) in [5.74, 6) is 0.371. The van der Waals surface area contributed by atoms with Crippen LogP contribution in [0.2, 0.25) is 0 Å². The van der Waals surface area contributed by atoms with Crippen LogP contribution in [-0.2, 0) is 17.8 Å². The number of nitrogens with zero attached hydrogens (tertiary/aromatic N) is 1. The van der Waals surface area contributed by atoms with Crippen molar-refractivity contribution in [1.82, 2.24) is 0 Å². The molecular weight excluding hydrogens is 360 g/mol. The number of fused-ring (bicyclic) bond motifs is 1. The summed E-state index contributed by atoms with van der Waals surface area (Å²) in [5.41, 5.74) is 12.9. The number of aryl methyl sites for hydroxylation is 3.